The molecule has 3 aliphatic heterocycles. The zero-order valence-corrected chi connectivity index (χ0v) is 39.1. The van der Waals surface area contributed by atoms with Gasteiger partial charge in [-0.3, -0.25) is 24.5 Å². The minimum Gasteiger partial charge on any atom is -0.494 e. The van der Waals surface area contributed by atoms with Gasteiger partial charge in [0, 0.05) is 78.9 Å². The van der Waals surface area contributed by atoms with Gasteiger partial charge in [0.2, 0.25) is 23.7 Å². The molecular weight excluding hydrogens is 889 g/mol. The number of hydrogen-bond donors (Lipinski definition) is 5. The fraction of sp³-hybridized carbons (Fsp3) is 0.435. The summed E-state index contributed by atoms with van der Waals surface area (Å²) in [6.07, 6.45) is 3.88. The van der Waals surface area contributed by atoms with Crippen LogP contribution in [0.2, 0.25) is 5.02 Å². The Bertz CT molecular complexity index is 2430. The molecule has 20 heteroatoms. The summed E-state index contributed by atoms with van der Waals surface area (Å²) in [5.74, 6) is 0.285. The highest BCUT2D eigenvalue weighted by atomic mass is 35.5. The maximum absolute atomic E-state index is 13.0. The molecule has 7 rings (SSSR count). The van der Waals surface area contributed by atoms with Crippen molar-refractivity contribution >= 4 is 82.2 Å². The summed E-state index contributed by atoms with van der Waals surface area (Å²) in [4.78, 5) is 62.4. The van der Waals surface area contributed by atoms with Gasteiger partial charge in [-0.05, 0) is 69.0 Å². The quantitative estimate of drug-likeness (QED) is 0.0386. The first-order valence-electron chi connectivity index (χ1n) is 22.0. The number of ether oxygens (including phenoxy) is 4. The predicted molar refractivity (Wildman–Crippen MR) is 254 cm³/mol. The summed E-state index contributed by atoms with van der Waals surface area (Å²) in [6, 6.07) is 18.1. The summed E-state index contributed by atoms with van der Waals surface area (Å²) in [5.41, 5.74) is 4.52. The van der Waals surface area contributed by atoms with Crippen LogP contribution in [0.1, 0.15) is 48.0 Å². The molecule has 5 N–H and O–H groups in total. The number of carbonyl (C=O) groups is 4. The molecule has 1 unspecified atom stereocenters. The van der Waals surface area contributed by atoms with E-state index in [4.69, 9.17) is 30.5 Å². The lowest BCUT2D eigenvalue weighted by Gasteiger charge is -2.34. The third-order valence-electron chi connectivity index (χ3n) is 11.5. The Morgan fingerprint density at radius 1 is 0.879 bits per heavy atom. The van der Waals surface area contributed by atoms with Crippen LogP contribution in [0.15, 0.2) is 66.9 Å². The first-order valence-corrected chi connectivity index (χ1v) is 25.0. The fourth-order valence-corrected chi connectivity index (χ4v) is 9.38. The lowest BCUT2D eigenvalue weighted by atomic mass is 10.0. The van der Waals surface area contributed by atoms with E-state index in [-0.39, 0.29) is 36.6 Å². The minimum absolute atomic E-state index is 0.0464. The molecular formula is C46H57ClN9O9P. The molecule has 18 nitrogen and oxygen atoms in total. The van der Waals surface area contributed by atoms with Crippen molar-refractivity contribution in [3.05, 3.63) is 83.0 Å². The second-order valence-corrected chi connectivity index (χ2v) is 20.1. The molecule has 2 fully saturated rings. The van der Waals surface area contributed by atoms with Crippen LogP contribution in [0.5, 0.6) is 5.75 Å². The number of rotatable bonds is 22. The number of halogens is 1. The lowest BCUT2D eigenvalue weighted by Crippen LogP contribution is -2.52. The molecule has 1 aromatic heterocycles. The van der Waals surface area contributed by atoms with E-state index in [9.17, 15) is 23.7 Å². The van der Waals surface area contributed by atoms with Gasteiger partial charge < -0.3 is 54.6 Å². The smallest absolute Gasteiger partial charge is 0.255 e. The molecule has 352 valence electrons. The molecule has 4 aromatic rings. The van der Waals surface area contributed by atoms with Crippen molar-refractivity contribution in [1.82, 2.24) is 25.5 Å². The number of aromatic nitrogens is 2. The number of hydrogen-bond acceptors (Lipinski definition) is 15. The minimum atomic E-state index is -2.56. The summed E-state index contributed by atoms with van der Waals surface area (Å²) in [6.45, 7) is 8.02. The van der Waals surface area contributed by atoms with Crippen LogP contribution in [0.25, 0.3) is 0 Å². The monoisotopic (exact) mass is 945 g/mol. The van der Waals surface area contributed by atoms with Crippen molar-refractivity contribution < 1.29 is 42.7 Å². The molecule has 66 heavy (non-hydrogen) atoms. The Kier molecular flexibility index (Phi) is 16.5. The number of amides is 4. The Hall–Kier alpha value is -5.78. The molecule has 2 saturated heterocycles. The number of carbonyl (C=O) groups excluding carboxylic acids is 4. The maximum Gasteiger partial charge on any atom is 0.255 e. The van der Waals surface area contributed by atoms with Crippen molar-refractivity contribution in [3.8, 4) is 5.75 Å². The van der Waals surface area contributed by atoms with E-state index in [1.54, 1.807) is 32.6 Å². The molecule has 0 radical (unpaired) electrons. The second-order valence-electron chi connectivity index (χ2n) is 16.5. The van der Waals surface area contributed by atoms with Crippen LogP contribution in [0, 0.1) is 0 Å². The van der Waals surface area contributed by atoms with Crippen molar-refractivity contribution in [2.24, 2.45) is 0 Å². The van der Waals surface area contributed by atoms with E-state index in [2.05, 4.69) is 41.5 Å². The van der Waals surface area contributed by atoms with E-state index in [1.807, 2.05) is 48.5 Å². The van der Waals surface area contributed by atoms with Gasteiger partial charge in [0.25, 0.3) is 5.91 Å². The predicted octanol–water partition coefficient (Wildman–Crippen LogP) is 5.27. The average molecular weight is 946 g/mol. The van der Waals surface area contributed by atoms with E-state index >= 15 is 0 Å². The van der Waals surface area contributed by atoms with Crippen molar-refractivity contribution in [2.45, 2.75) is 50.7 Å². The molecule has 3 aliphatic rings. The van der Waals surface area contributed by atoms with Crippen molar-refractivity contribution in [1.29, 1.82) is 0 Å². The first kappa shape index (κ1) is 48.2. The van der Waals surface area contributed by atoms with E-state index in [0.29, 0.717) is 104 Å². The number of imide groups is 1. The number of nitrogens with zero attached hydrogens (tertiary/aromatic N) is 4. The maximum atomic E-state index is 13.0. The summed E-state index contributed by atoms with van der Waals surface area (Å²) >= 11 is 6.45. The van der Waals surface area contributed by atoms with Crippen LogP contribution in [0.3, 0.4) is 0 Å². The number of para-hydroxylation sites is 1. The van der Waals surface area contributed by atoms with Crippen molar-refractivity contribution in [3.63, 3.8) is 0 Å². The van der Waals surface area contributed by atoms with E-state index in [0.717, 1.165) is 42.9 Å². The molecule has 1 atom stereocenters. The van der Waals surface area contributed by atoms with E-state index < -0.39 is 19.1 Å². The highest BCUT2D eigenvalue weighted by Gasteiger charge is 2.40. The van der Waals surface area contributed by atoms with Gasteiger partial charge in [-0.1, -0.05) is 29.8 Å². The number of benzene rings is 3. The zero-order chi connectivity index (χ0) is 46.6. The van der Waals surface area contributed by atoms with Crippen LogP contribution >= 0.6 is 18.7 Å². The Labute approximate surface area is 389 Å². The topological polar surface area (TPSA) is 215 Å². The van der Waals surface area contributed by atoms with E-state index in [1.165, 1.54) is 11.1 Å². The molecule has 4 heterocycles. The van der Waals surface area contributed by atoms with Crippen LogP contribution < -0.4 is 41.5 Å². The first-order chi connectivity index (χ1) is 31.9. The normalized spacial score (nSPS) is 16.5. The zero-order valence-electron chi connectivity index (χ0n) is 37.4. The largest absolute Gasteiger partial charge is 0.494 e. The number of fused-ring (bicyclic) bond motifs is 1. The number of anilines is 6. The molecule has 0 aliphatic carbocycles. The van der Waals surface area contributed by atoms with Gasteiger partial charge >= 0.3 is 0 Å². The Balaban J connectivity index is 0.738. The van der Waals surface area contributed by atoms with Gasteiger partial charge in [-0.2, -0.15) is 4.98 Å². The Morgan fingerprint density at radius 2 is 1.61 bits per heavy atom. The highest BCUT2D eigenvalue weighted by molar-refractivity contribution is 7.70. The van der Waals surface area contributed by atoms with Crippen LogP contribution in [-0.4, -0.2) is 130 Å². The van der Waals surface area contributed by atoms with Gasteiger partial charge in [-0.15, -0.1) is 0 Å². The average Bonchev–Trinajstić information content (AvgIpc) is 3.64. The summed E-state index contributed by atoms with van der Waals surface area (Å²) in [5, 5.41) is 16.3. The van der Waals surface area contributed by atoms with Gasteiger partial charge in [0.1, 0.15) is 24.0 Å². The summed E-state index contributed by atoms with van der Waals surface area (Å²) < 4.78 is 35.6. The van der Waals surface area contributed by atoms with Crippen molar-refractivity contribution in [2.75, 3.05) is 101 Å². The molecule has 0 saturated carbocycles. The van der Waals surface area contributed by atoms with Crippen LogP contribution in [-0.2, 0) is 39.7 Å². The summed E-state index contributed by atoms with van der Waals surface area (Å²) in [7, 11) is -0.959. The lowest BCUT2D eigenvalue weighted by molar-refractivity contribution is -0.137. The highest BCUT2D eigenvalue weighted by Crippen LogP contribution is 2.39. The van der Waals surface area contributed by atoms with Crippen LogP contribution in [0.4, 0.5) is 34.5 Å². The molecule has 0 bridgehead atoms. The number of piperidine rings is 2. The number of nitrogens with one attached hydrogen (secondary N) is 5. The fourth-order valence-electron chi connectivity index (χ4n) is 8.09. The Morgan fingerprint density at radius 3 is 2.35 bits per heavy atom. The van der Waals surface area contributed by atoms with Gasteiger partial charge in [0.05, 0.1) is 64.3 Å². The van der Waals surface area contributed by atoms with Gasteiger partial charge in [0.15, 0.2) is 5.82 Å². The molecule has 0 spiro atoms. The standard InChI is InChI=1S/C46H57ClN9O9P/c1-62-39-27-31(11-12-36(39)52-46-49-28-34(47)43(54-46)51-37-8-4-5-10-40(37)66(2,3)61)55-19-15-30(16-20-55)50-42(58)17-21-63-23-25-65-26-24-64-22-18-48-35-9-6-7-32-33(35)29-56(45(32)60)38-13-14-41(57)53-44(38)59/h4-12,27-28,30,38,48H,13-26,29H2,1-3H3,(H,50,58)(H,53,57,59)(H2,49,51,52,54). The molecule has 4 amide bonds. The third-order valence-corrected chi connectivity index (χ3v) is 13.3. The second kappa shape index (κ2) is 22.6. The third kappa shape index (κ3) is 12.6. The SMILES string of the molecule is COc1cc(N2CCC(NC(=O)CCOCCOCCOCCNc3cccc4c3CN(C3CCC(=O)NC3=O)C4=O)CC2)ccc1Nc1ncc(Cl)c(Nc2ccccc2P(C)(C)=O)n1. The van der Waals surface area contributed by atoms with Gasteiger partial charge in [-0.25, -0.2) is 4.98 Å². The number of methoxy groups -OCH3 is 1. The molecule has 3 aromatic carbocycles.